The van der Waals surface area contributed by atoms with Gasteiger partial charge in [-0.2, -0.15) is 0 Å². The second kappa shape index (κ2) is 10.9. The summed E-state index contributed by atoms with van der Waals surface area (Å²) in [6.07, 6.45) is 2.90. The summed E-state index contributed by atoms with van der Waals surface area (Å²) < 4.78 is 10.9. The predicted molar refractivity (Wildman–Crippen MR) is 113 cm³/mol. The quantitative estimate of drug-likeness (QED) is 0.461. The van der Waals surface area contributed by atoms with Crippen LogP contribution in [-0.4, -0.2) is 25.4 Å². The van der Waals surface area contributed by atoms with Gasteiger partial charge in [0.1, 0.15) is 11.5 Å². The normalized spacial score (nSPS) is 10.3. The van der Waals surface area contributed by atoms with Gasteiger partial charge < -0.3 is 20.1 Å². The van der Waals surface area contributed by atoms with Crippen molar-refractivity contribution in [2.24, 2.45) is 0 Å². The molecule has 2 rings (SSSR count). The Kier molecular flexibility index (Phi) is 8.51. The summed E-state index contributed by atoms with van der Waals surface area (Å²) in [7, 11) is 1.59. The van der Waals surface area contributed by atoms with Crippen LogP contribution in [0.4, 0.5) is 5.69 Å². The number of anilines is 1. The monoisotopic (exact) mass is 392 g/mol. The molecule has 6 heteroatoms. The first kappa shape index (κ1) is 20.3. The van der Waals surface area contributed by atoms with Gasteiger partial charge in [-0.05, 0) is 61.3 Å². The molecule has 26 heavy (non-hydrogen) atoms. The van der Waals surface area contributed by atoms with E-state index in [9.17, 15) is 0 Å². The van der Waals surface area contributed by atoms with Crippen LogP contribution in [0, 0.1) is 0 Å². The van der Waals surface area contributed by atoms with Crippen molar-refractivity contribution in [1.29, 1.82) is 0 Å². The van der Waals surface area contributed by atoms with Crippen LogP contribution in [0.25, 0.3) is 0 Å². The molecule has 0 aliphatic heterocycles. The first-order chi connectivity index (χ1) is 12.6. The van der Waals surface area contributed by atoms with Gasteiger partial charge in [0.05, 0.1) is 18.7 Å². The second-order valence-electron chi connectivity index (χ2n) is 5.79. The van der Waals surface area contributed by atoms with Crippen molar-refractivity contribution < 1.29 is 9.47 Å². The van der Waals surface area contributed by atoms with E-state index >= 15 is 0 Å². The zero-order valence-corrected chi connectivity index (χ0v) is 16.8. The van der Waals surface area contributed by atoms with Gasteiger partial charge in [0.15, 0.2) is 5.11 Å². The number of nitrogens with one attached hydrogen (secondary N) is 2. The van der Waals surface area contributed by atoms with Crippen LogP contribution < -0.4 is 20.1 Å². The Hall–Kier alpha value is -1.98. The molecule has 0 spiro atoms. The molecule has 0 heterocycles. The fourth-order valence-corrected chi connectivity index (χ4v) is 2.94. The van der Waals surface area contributed by atoms with E-state index in [0.717, 1.165) is 43.9 Å². The lowest BCUT2D eigenvalue weighted by atomic mass is 10.1. The van der Waals surface area contributed by atoms with Gasteiger partial charge in [-0.25, -0.2) is 0 Å². The second-order valence-corrected chi connectivity index (χ2v) is 6.61. The lowest BCUT2D eigenvalue weighted by Crippen LogP contribution is -2.29. The fraction of sp³-hybridized carbons (Fsp3) is 0.350. The highest BCUT2D eigenvalue weighted by Crippen LogP contribution is 2.27. The minimum absolute atomic E-state index is 0.545. The SMILES string of the molecule is CCCOc1ccccc1CCCNC(=S)Nc1ccc(OC)c(Cl)c1. The summed E-state index contributed by atoms with van der Waals surface area (Å²) in [5.41, 5.74) is 2.05. The standard InChI is InChI=1S/C20H25ClN2O2S/c1-3-13-25-18-9-5-4-7-15(18)8-6-12-22-20(26)23-16-10-11-19(24-2)17(21)14-16/h4-5,7,9-11,14H,3,6,8,12-13H2,1-2H3,(H2,22,23,26). The largest absolute Gasteiger partial charge is 0.495 e. The van der Waals surface area contributed by atoms with Gasteiger partial charge in [0.25, 0.3) is 0 Å². The summed E-state index contributed by atoms with van der Waals surface area (Å²) in [4.78, 5) is 0. The molecule has 0 unspecified atom stereocenters. The van der Waals surface area contributed by atoms with Crippen LogP contribution in [0.15, 0.2) is 42.5 Å². The third-order valence-electron chi connectivity index (χ3n) is 3.75. The lowest BCUT2D eigenvalue weighted by Gasteiger charge is -2.13. The Labute approximate surface area is 165 Å². The number of halogens is 1. The van der Waals surface area contributed by atoms with Gasteiger partial charge in [-0.3, -0.25) is 0 Å². The Morgan fingerprint density at radius 1 is 1.15 bits per heavy atom. The summed E-state index contributed by atoms with van der Waals surface area (Å²) in [6, 6.07) is 13.7. The molecule has 0 saturated heterocycles. The van der Waals surface area contributed by atoms with E-state index in [1.54, 1.807) is 19.2 Å². The molecule has 0 aliphatic rings. The molecule has 0 saturated carbocycles. The van der Waals surface area contributed by atoms with Crippen LogP contribution in [0.1, 0.15) is 25.3 Å². The number of ether oxygens (including phenoxy) is 2. The van der Waals surface area contributed by atoms with Crippen molar-refractivity contribution in [2.45, 2.75) is 26.2 Å². The molecular weight excluding hydrogens is 368 g/mol. The summed E-state index contributed by atoms with van der Waals surface area (Å²) >= 11 is 11.5. The molecule has 0 fully saturated rings. The van der Waals surface area contributed by atoms with E-state index in [-0.39, 0.29) is 0 Å². The average Bonchev–Trinajstić information content (AvgIpc) is 2.64. The average molecular weight is 393 g/mol. The number of para-hydroxylation sites is 1. The molecule has 2 N–H and O–H groups in total. The lowest BCUT2D eigenvalue weighted by molar-refractivity contribution is 0.314. The summed E-state index contributed by atoms with van der Waals surface area (Å²) in [6.45, 7) is 3.63. The fourth-order valence-electron chi connectivity index (χ4n) is 2.46. The molecule has 0 radical (unpaired) electrons. The molecule has 0 atom stereocenters. The molecule has 0 amide bonds. The third-order valence-corrected chi connectivity index (χ3v) is 4.29. The maximum atomic E-state index is 6.12. The highest BCUT2D eigenvalue weighted by Gasteiger charge is 2.05. The van der Waals surface area contributed by atoms with Crippen molar-refractivity contribution in [3.8, 4) is 11.5 Å². The van der Waals surface area contributed by atoms with Crippen molar-refractivity contribution in [1.82, 2.24) is 5.32 Å². The van der Waals surface area contributed by atoms with E-state index in [1.165, 1.54) is 5.56 Å². The first-order valence-electron chi connectivity index (χ1n) is 8.73. The van der Waals surface area contributed by atoms with E-state index in [0.29, 0.717) is 15.9 Å². The van der Waals surface area contributed by atoms with Crippen LogP contribution in [-0.2, 0) is 6.42 Å². The number of hydrogen-bond acceptors (Lipinski definition) is 3. The molecule has 2 aromatic carbocycles. The third kappa shape index (κ3) is 6.39. The minimum Gasteiger partial charge on any atom is -0.495 e. The zero-order valence-electron chi connectivity index (χ0n) is 15.2. The topological polar surface area (TPSA) is 42.5 Å². The van der Waals surface area contributed by atoms with E-state index in [2.05, 4.69) is 23.6 Å². The van der Waals surface area contributed by atoms with E-state index in [4.69, 9.17) is 33.3 Å². The van der Waals surface area contributed by atoms with Gasteiger partial charge in [0.2, 0.25) is 0 Å². The highest BCUT2D eigenvalue weighted by molar-refractivity contribution is 7.80. The predicted octanol–water partition coefficient (Wildman–Crippen LogP) is 5.06. The Morgan fingerprint density at radius 2 is 1.96 bits per heavy atom. The van der Waals surface area contributed by atoms with Crippen LogP contribution in [0.2, 0.25) is 5.02 Å². The number of aryl methyl sites for hydroxylation is 1. The molecule has 4 nitrogen and oxygen atoms in total. The molecule has 2 aromatic rings. The number of hydrogen-bond donors (Lipinski definition) is 2. The number of methoxy groups -OCH3 is 1. The molecule has 0 bridgehead atoms. The summed E-state index contributed by atoms with van der Waals surface area (Å²) in [5.74, 6) is 1.61. The number of rotatable bonds is 9. The van der Waals surface area contributed by atoms with Crippen molar-refractivity contribution in [3.63, 3.8) is 0 Å². The Bertz CT molecular complexity index is 725. The van der Waals surface area contributed by atoms with Crippen molar-refractivity contribution in [2.75, 3.05) is 25.6 Å². The van der Waals surface area contributed by atoms with Gasteiger partial charge in [-0.15, -0.1) is 0 Å². The highest BCUT2D eigenvalue weighted by atomic mass is 35.5. The molecular formula is C20H25ClN2O2S. The molecule has 0 aromatic heterocycles. The van der Waals surface area contributed by atoms with Gasteiger partial charge in [-0.1, -0.05) is 36.7 Å². The molecule has 0 aliphatic carbocycles. The summed E-state index contributed by atoms with van der Waals surface area (Å²) in [5, 5.41) is 7.46. The number of benzene rings is 2. The van der Waals surface area contributed by atoms with E-state index in [1.807, 2.05) is 24.3 Å². The minimum atomic E-state index is 0.545. The van der Waals surface area contributed by atoms with Gasteiger partial charge >= 0.3 is 0 Å². The first-order valence-corrected chi connectivity index (χ1v) is 9.51. The maximum absolute atomic E-state index is 6.12. The van der Waals surface area contributed by atoms with E-state index < -0.39 is 0 Å². The van der Waals surface area contributed by atoms with Crippen LogP contribution >= 0.6 is 23.8 Å². The Morgan fingerprint density at radius 3 is 2.69 bits per heavy atom. The number of thiocarbonyl (C=S) groups is 1. The van der Waals surface area contributed by atoms with Crippen molar-refractivity contribution >= 4 is 34.6 Å². The smallest absolute Gasteiger partial charge is 0.170 e. The maximum Gasteiger partial charge on any atom is 0.170 e. The Balaban J connectivity index is 1.76. The zero-order chi connectivity index (χ0) is 18.8. The van der Waals surface area contributed by atoms with Crippen molar-refractivity contribution in [3.05, 3.63) is 53.1 Å². The van der Waals surface area contributed by atoms with Gasteiger partial charge in [0, 0.05) is 12.2 Å². The van der Waals surface area contributed by atoms with Crippen LogP contribution in [0.5, 0.6) is 11.5 Å². The molecule has 140 valence electrons. The van der Waals surface area contributed by atoms with Crippen LogP contribution in [0.3, 0.4) is 0 Å².